The van der Waals surface area contributed by atoms with Crippen molar-refractivity contribution >= 4 is 17.5 Å². The van der Waals surface area contributed by atoms with Crippen LogP contribution in [0.1, 0.15) is 25.3 Å². The fraction of sp³-hybridized carbons (Fsp3) is 0.533. The molecule has 0 bridgehead atoms. The van der Waals surface area contributed by atoms with Crippen LogP contribution in [0.15, 0.2) is 18.2 Å². The Morgan fingerprint density at radius 2 is 2.25 bits per heavy atom. The van der Waals surface area contributed by atoms with Gasteiger partial charge < -0.3 is 15.4 Å². The molecule has 4 nitrogen and oxygen atoms in total. The van der Waals surface area contributed by atoms with Gasteiger partial charge in [0.1, 0.15) is 5.75 Å². The van der Waals surface area contributed by atoms with Gasteiger partial charge in [-0.1, -0.05) is 11.6 Å². The highest BCUT2D eigenvalue weighted by molar-refractivity contribution is 6.30. The number of nitrogens with two attached hydrogens (primary N) is 1. The Balaban J connectivity index is 1.97. The van der Waals surface area contributed by atoms with Crippen molar-refractivity contribution in [1.82, 2.24) is 4.90 Å². The molecule has 0 radical (unpaired) electrons. The molecule has 0 unspecified atom stereocenters. The summed E-state index contributed by atoms with van der Waals surface area (Å²) in [6.45, 7) is 3.33. The third-order valence-corrected chi connectivity index (χ3v) is 3.67. The monoisotopic (exact) mass is 296 g/mol. The van der Waals surface area contributed by atoms with Crippen molar-refractivity contribution in [3.63, 3.8) is 0 Å². The number of benzene rings is 1. The summed E-state index contributed by atoms with van der Waals surface area (Å²) in [6.07, 6.45) is 2.90. The maximum absolute atomic E-state index is 12.1. The maximum Gasteiger partial charge on any atom is 0.260 e. The quantitative estimate of drug-likeness (QED) is 0.839. The molecule has 2 N–H and O–H groups in total. The molecule has 1 aliphatic carbocycles. The Labute approximate surface area is 124 Å². The number of nitrogens with zero attached hydrogens (tertiary/aromatic N) is 1. The van der Waals surface area contributed by atoms with E-state index < -0.39 is 0 Å². The Kier molecular flexibility index (Phi) is 5.26. The van der Waals surface area contributed by atoms with Gasteiger partial charge in [-0.05, 0) is 56.5 Å². The number of hydrogen-bond acceptors (Lipinski definition) is 3. The van der Waals surface area contributed by atoms with Crippen LogP contribution in [0.3, 0.4) is 0 Å². The highest BCUT2D eigenvalue weighted by Gasteiger charge is 2.31. The standard InChI is InChI=1S/C15H21ClN2O2/c1-2-18(13-4-5-13)15(19)10-20-14-6-3-12(16)9-11(14)7-8-17/h3,6,9,13H,2,4-5,7-8,10,17H2,1H3. The summed E-state index contributed by atoms with van der Waals surface area (Å²) >= 11 is 5.97. The molecule has 1 aliphatic rings. The molecular formula is C15H21ClN2O2. The minimum Gasteiger partial charge on any atom is -0.483 e. The first kappa shape index (κ1) is 15.1. The third kappa shape index (κ3) is 3.87. The molecule has 0 spiro atoms. The molecular weight excluding hydrogens is 276 g/mol. The summed E-state index contributed by atoms with van der Waals surface area (Å²) in [5.41, 5.74) is 6.53. The number of rotatable bonds is 7. The average molecular weight is 297 g/mol. The predicted molar refractivity (Wildman–Crippen MR) is 80.1 cm³/mol. The molecule has 0 atom stereocenters. The van der Waals surface area contributed by atoms with Gasteiger partial charge in [0.2, 0.25) is 0 Å². The lowest BCUT2D eigenvalue weighted by Crippen LogP contribution is -2.36. The molecule has 1 amide bonds. The fourth-order valence-electron chi connectivity index (χ4n) is 2.29. The van der Waals surface area contributed by atoms with Gasteiger partial charge in [-0.15, -0.1) is 0 Å². The van der Waals surface area contributed by atoms with Crippen molar-refractivity contribution in [2.75, 3.05) is 19.7 Å². The minimum absolute atomic E-state index is 0.0450. The molecule has 0 saturated heterocycles. The van der Waals surface area contributed by atoms with Crippen LogP contribution in [-0.2, 0) is 11.2 Å². The van der Waals surface area contributed by atoms with Crippen LogP contribution in [0.4, 0.5) is 0 Å². The molecule has 0 aliphatic heterocycles. The molecule has 1 fully saturated rings. The van der Waals surface area contributed by atoms with Gasteiger partial charge in [-0.3, -0.25) is 4.79 Å². The number of carbonyl (C=O) groups excluding carboxylic acids is 1. The van der Waals surface area contributed by atoms with Crippen LogP contribution in [0.25, 0.3) is 0 Å². The molecule has 0 heterocycles. The zero-order chi connectivity index (χ0) is 14.5. The van der Waals surface area contributed by atoms with E-state index in [9.17, 15) is 4.79 Å². The molecule has 20 heavy (non-hydrogen) atoms. The van der Waals surface area contributed by atoms with Crippen molar-refractivity contribution in [3.05, 3.63) is 28.8 Å². The van der Waals surface area contributed by atoms with Crippen LogP contribution in [0.2, 0.25) is 5.02 Å². The summed E-state index contributed by atoms with van der Waals surface area (Å²) in [5.74, 6) is 0.740. The Morgan fingerprint density at radius 3 is 2.85 bits per heavy atom. The van der Waals surface area contributed by atoms with Gasteiger partial charge in [0, 0.05) is 17.6 Å². The van der Waals surface area contributed by atoms with E-state index >= 15 is 0 Å². The normalized spacial score (nSPS) is 14.2. The topological polar surface area (TPSA) is 55.6 Å². The lowest BCUT2D eigenvalue weighted by atomic mass is 10.1. The molecule has 1 aromatic carbocycles. The van der Waals surface area contributed by atoms with Crippen molar-refractivity contribution in [3.8, 4) is 5.75 Å². The summed E-state index contributed by atoms with van der Waals surface area (Å²) in [6, 6.07) is 5.82. The van der Waals surface area contributed by atoms with E-state index in [1.165, 1.54) is 0 Å². The number of ether oxygens (including phenoxy) is 1. The number of amides is 1. The Morgan fingerprint density at radius 1 is 1.50 bits per heavy atom. The van der Waals surface area contributed by atoms with E-state index in [1.54, 1.807) is 12.1 Å². The fourth-order valence-corrected chi connectivity index (χ4v) is 2.48. The second-order valence-electron chi connectivity index (χ2n) is 4.99. The van der Waals surface area contributed by atoms with Crippen LogP contribution < -0.4 is 10.5 Å². The Bertz CT molecular complexity index is 475. The van der Waals surface area contributed by atoms with Gasteiger partial charge in [0.05, 0.1) is 0 Å². The largest absolute Gasteiger partial charge is 0.483 e. The van der Waals surface area contributed by atoms with Crippen molar-refractivity contribution in [2.45, 2.75) is 32.2 Å². The highest BCUT2D eigenvalue weighted by atomic mass is 35.5. The highest BCUT2D eigenvalue weighted by Crippen LogP contribution is 2.27. The van der Waals surface area contributed by atoms with E-state index in [0.29, 0.717) is 29.8 Å². The van der Waals surface area contributed by atoms with Crippen molar-refractivity contribution in [1.29, 1.82) is 0 Å². The zero-order valence-corrected chi connectivity index (χ0v) is 12.5. The smallest absolute Gasteiger partial charge is 0.260 e. The molecule has 1 saturated carbocycles. The van der Waals surface area contributed by atoms with E-state index in [-0.39, 0.29) is 12.5 Å². The van der Waals surface area contributed by atoms with Crippen molar-refractivity contribution < 1.29 is 9.53 Å². The average Bonchev–Trinajstić information content (AvgIpc) is 3.24. The van der Waals surface area contributed by atoms with Crippen LogP contribution in [-0.4, -0.2) is 36.5 Å². The van der Waals surface area contributed by atoms with Crippen LogP contribution >= 0.6 is 11.6 Å². The number of halogens is 1. The number of likely N-dealkylation sites (N-methyl/N-ethyl adjacent to an activating group) is 1. The first-order valence-electron chi connectivity index (χ1n) is 7.06. The van der Waals surface area contributed by atoms with Gasteiger partial charge in [-0.2, -0.15) is 0 Å². The Hall–Kier alpha value is -1.26. The summed E-state index contributed by atoms with van der Waals surface area (Å²) in [5, 5.41) is 0.653. The minimum atomic E-state index is 0.0450. The first-order valence-corrected chi connectivity index (χ1v) is 7.44. The predicted octanol–water partition coefficient (Wildman–Crippen LogP) is 2.23. The first-order chi connectivity index (χ1) is 9.65. The maximum atomic E-state index is 12.1. The van der Waals surface area contributed by atoms with E-state index in [1.807, 2.05) is 17.9 Å². The SMILES string of the molecule is CCN(C(=O)COc1ccc(Cl)cc1CCN)C1CC1. The summed E-state index contributed by atoms with van der Waals surface area (Å²) in [4.78, 5) is 14.0. The van der Waals surface area contributed by atoms with Gasteiger partial charge in [0.15, 0.2) is 6.61 Å². The lowest BCUT2D eigenvalue weighted by Gasteiger charge is -2.21. The number of hydrogen-bond donors (Lipinski definition) is 1. The molecule has 5 heteroatoms. The molecule has 110 valence electrons. The molecule has 1 aromatic rings. The van der Waals surface area contributed by atoms with Crippen LogP contribution in [0.5, 0.6) is 5.75 Å². The third-order valence-electron chi connectivity index (χ3n) is 3.44. The van der Waals surface area contributed by atoms with E-state index in [4.69, 9.17) is 22.1 Å². The summed E-state index contributed by atoms with van der Waals surface area (Å²) in [7, 11) is 0. The second kappa shape index (κ2) is 6.95. The van der Waals surface area contributed by atoms with Gasteiger partial charge >= 0.3 is 0 Å². The number of carbonyl (C=O) groups is 1. The molecule has 0 aromatic heterocycles. The second-order valence-corrected chi connectivity index (χ2v) is 5.43. The lowest BCUT2D eigenvalue weighted by molar-refractivity contribution is -0.133. The van der Waals surface area contributed by atoms with Gasteiger partial charge in [0.25, 0.3) is 5.91 Å². The van der Waals surface area contributed by atoms with E-state index in [2.05, 4.69) is 0 Å². The van der Waals surface area contributed by atoms with Gasteiger partial charge in [-0.25, -0.2) is 0 Å². The molecule has 2 rings (SSSR count). The van der Waals surface area contributed by atoms with E-state index in [0.717, 1.165) is 24.9 Å². The zero-order valence-electron chi connectivity index (χ0n) is 11.8. The van der Waals surface area contributed by atoms with Crippen molar-refractivity contribution in [2.24, 2.45) is 5.73 Å². The van der Waals surface area contributed by atoms with Crippen LogP contribution in [0, 0.1) is 0 Å². The summed E-state index contributed by atoms with van der Waals surface area (Å²) < 4.78 is 5.66.